The average molecular weight is 301 g/mol. The zero-order chi connectivity index (χ0) is 13.7. The maximum atomic E-state index is 13.6. The number of nitrogens with one attached hydrogen (secondary N) is 2. The quantitative estimate of drug-likeness (QED) is 0.897. The van der Waals surface area contributed by atoms with Gasteiger partial charge in [0.15, 0.2) is 0 Å². The summed E-state index contributed by atoms with van der Waals surface area (Å²) in [6.45, 7) is 4.53. The van der Waals surface area contributed by atoms with Gasteiger partial charge in [-0.2, -0.15) is 0 Å². The maximum absolute atomic E-state index is 13.6. The van der Waals surface area contributed by atoms with E-state index in [4.69, 9.17) is 0 Å². The fourth-order valence-electron chi connectivity index (χ4n) is 2.46. The number of amides is 1. The number of aryl methyl sites for hydroxylation is 1. The molecule has 1 aliphatic heterocycles. The minimum Gasteiger partial charge on any atom is -0.352 e. The molecule has 112 valence electrons. The molecule has 3 nitrogen and oxygen atoms in total. The first-order valence-electron chi connectivity index (χ1n) is 6.92. The molecule has 0 aromatic heterocycles. The smallest absolute Gasteiger partial charge is 0.254 e. The summed E-state index contributed by atoms with van der Waals surface area (Å²) >= 11 is 0. The van der Waals surface area contributed by atoms with Crippen LogP contribution < -0.4 is 10.6 Å². The Labute approximate surface area is 125 Å². The lowest BCUT2D eigenvalue weighted by Gasteiger charge is -2.22. The molecule has 20 heavy (non-hydrogen) atoms. The Kier molecular flexibility index (Phi) is 6.96. The lowest BCUT2D eigenvalue weighted by molar-refractivity contribution is 0.0946. The van der Waals surface area contributed by atoms with Crippen molar-refractivity contribution in [2.24, 2.45) is 5.92 Å². The largest absolute Gasteiger partial charge is 0.352 e. The second kappa shape index (κ2) is 8.22. The van der Waals surface area contributed by atoms with E-state index in [-0.39, 0.29) is 23.9 Å². The van der Waals surface area contributed by atoms with Crippen LogP contribution in [-0.4, -0.2) is 25.5 Å². The molecule has 5 heteroatoms. The lowest BCUT2D eigenvalue weighted by atomic mass is 9.96. The van der Waals surface area contributed by atoms with Crippen LogP contribution in [0.4, 0.5) is 4.39 Å². The van der Waals surface area contributed by atoms with Crippen molar-refractivity contribution < 1.29 is 9.18 Å². The first kappa shape index (κ1) is 16.9. The summed E-state index contributed by atoms with van der Waals surface area (Å²) in [5.41, 5.74) is 0.953. The molecule has 1 saturated heterocycles. The van der Waals surface area contributed by atoms with Crippen molar-refractivity contribution in [3.05, 3.63) is 35.1 Å². The topological polar surface area (TPSA) is 41.1 Å². The fourth-order valence-corrected chi connectivity index (χ4v) is 2.46. The van der Waals surface area contributed by atoms with Crippen molar-refractivity contribution in [1.82, 2.24) is 10.6 Å². The number of benzene rings is 1. The predicted octanol–water partition coefficient (Wildman–Crippen LogP) is 2.68. The molecule has 1 aromatic carbocycles. The molecule has 2 rings (SSSR count). The minimum atomic E-state index is -0.447. The monoisotopic (exact) mass is 300 g/mol. The summed E-state index contributed by atoms with van der Waals surface area (Å²) in [5, 5.41) is 6.15. The highest BCUT2D eigenvalue weighted by atomic mass is 35.5. The molecule has 1 atom stereocenters. The highest BCUT2D eigenvalue weighted by molar-refractivity contribution is 5.94. The highest BCUT2D eigenvalue weighted by Crippen LogP contribution is 2.13. The van der Waals surface area contributed by atoms with E-state index in [9.17, 15) is 9.18 Å². The molecule has 0 saturated carbocycles. The van der Waals surface area contributed by atoms with Crippen LogP contribution in [0.25, 0.3) is 0 Å². The zero-order valence-corrected chi connectivity index (χ0v) is 12.6. The molecule has 1 heterocycles. The van der Waals surface area contributed by atoms with Gasteiger partial charge in [-0.15, -0.1) is 12.4 Å². The Morgan fingerprint density at radius 3 is 2.95 bits per heavy atom. The molecule has 1 amide bonds. The van der Waals surface area contributed by atoms with Gasteiger partial charge in [-0.05, 0) is 62.9 Å². The molecule has 0 aliphatic carbocycles. The van der Waals surface area contributed by atoms with Gasteiger partial charge >= 0.3 is 0 Å². The van der Waals surface area contributed by atoms with Crippen LogP contribution in [0.5, 0.6) is 0 Å². The van der Waals surface area contributed by atoms with E-state index in [2.05, 4.69) is 10.6 Å². The van der Waals surface area contributed by atoms with E-state index in [1.54, 1.807) is 19.1 Å². The van der Waals surface area contributed by atoms with Crippen molar-refractivity contribution >= 4 is 18.3 Å². The second-order valence-corrected chi connectivity index (χ2v) is 5.24. The summed E-state index contributed by atoms with van der Waals surface area (Å²) in [4.78, 5) is 11.9. The standard InChI is InChI=1S/C15H21FN2O.ClH/c1-11-4-5-13(14(16)9-11)15(19)18-8-6-12-3-2-7-17-10-12;/h4-5,9,12,17H,2-3,6-8,10H2,1H3,(H,18,19);1H. The summed E-state index contributed by atoms with van der Waals surface area (Å²) < 4.78 is 13.6. The molecule has 0 radical (unpaired) electrons. The van der Waals surface area contributed by atoms with E-state index in [1.165, 1.54) is 18.9 Å². The Hall–Kier alpha value is -1.13. The van der Waals surface area contributed by atoms with Gasteiger partial charge in [0.25, 0.3) is 5.91 Å². The summed E-state index contributed by atoms with van der Waals surface area (Å²) in [5.74, 6) is -0.144. The van der Waals surface area contributed by atoms with Crippen LogP contribution in [-0.2, 0) is 0 Å². The number of carbonyl (C=O) groups is 1. The molecule has 2 N–H and O–H groups in total. The van der Waals surface area contributed by atoms with E-state index >= 15 is 0 Å². The van der Waals surface area contributed by atoms with Gasteiger partial charge in [0.05, 0.1) is 5.56 Å². The van der Waals surface area contributed by atoms with Crippen molar-refractivity contribution in [3.63, 3.8) is 0 Å². The van der Waals surface area contributed by atoms with Gasteiger partial charge in [-0.1, -0.05) is 6.07 Å². The van der Waals surface area contributed by atoms with Crippen LogP contribution in [0.15, 0.2) is 18.2 Å². The van der Waals surface area contributed by atoms with Gasteiger partial charge in [0.2, 0.25) is 0 Å². The average Bonchev–Trinajstić information content (AvgIpc) is 2.39. The van der Waals surface area contributed by atoms with Gasteiger partial charge in [0, 0.05) is 6.54 Å². The molecule has 1 unspecified atom stereocenters. The van der Waals surface area contributed by atoms with Crippen LogP contribution in [0.3, 0.4) is 0 Å². The van der Waals surface area contributed by atoms with E-state index < -0.39 is 5.82 Å². The van der Waals surface area contributed by atoms with E-state index in [0.29, 0.717) is 12.5 Å². The summed E-state index contributed by atoms with van der Waals surface area (Å²) in [7, 11) is 0. The maximum Gasteiger partial charge on any atom is 0.254 e. The summed E-state index contributed by atoms with van der Waals surface area (Å²) in [6.07, 6.45) is 3.36. The number of rotatable bonds is 4. The minimum absolute atomic E-state index is 0. The molecule has 0 bridgehead atoms. The Morgan fingerprint density at radius 2 is 2.30 bits per heavy atom. The lowest BCUT2D eigenvalue weighted by Crippen LogP contribution is -2.33. The molecule has 1 aromatic rings. The van der Waals surface area contributed by atoms with Gasteiger partial charge in [-0.25, -0.2) is 4.39 Å². The van der Waals surface area contributed by atoms with Crippen LogP contribution in [0, 0.1) is 18.7 Å². The molecular formula is C15H22ClFN2O. The predicted molar refractivity (Wildman–Crippen MR) is 80.9 cm³/mol. The third kappa shape index (κ3) is 4.76. The number of hydrogen-bond acceptors (Lipinski definition) is 2. The van der Waals surface area contributed by atoms with E-state index in [0.717, 1.165) is 25.1 Å². The highest BCUT2D eigenvalue weighted by Gasteiger charge is 2.14. The number of halogens is 2. The third-order valence-electron chi connectivity index (χ3n) is 3.61. The Morgan fingerprint density at radius 1 is 1.50 bits per heavy atom. The summed E-state index contributed by atoms with van der Waals surface area (Å²) in [6, 6.07) is 4.69. The molecule has 1 aliphatic rings. The van der Waals surface area contributed by atoms with Crippen molar-refractivity contribution in [1.29, 1.82) is 0 Å². The van der Waals surface area contributed by atoms with E-state index in [1.807, 2.05) is 0 Å². The molecular weight excluding hydrogens is 279 g/mol. The van der Waals surface area contributed by atoms with Gasteiger partial charge in [-0.3, -0.25) is 4.79 Å². The molecule has 1 fully saturated rings. The van der Waals surface area contributed by atoms with Crippen LogP contribution in [0.2, 0.25) is 0 Å². The Balaban J connectivity index is 0.00000200. The van der Waals surface area contributed by atoms with Crippen molar-refractivity contribution in [2.45, 2.75) is 26.2 Å². The number of carbonyl (C=O) groups excluding carboxylic acids is 1. The van der Waals surface area contributed by atoms with Crippen LogP contribution in [0.1, 0.15) is 35.2 Å². The van der Waals surface area contributed by atoms with Crippen molar-refractivity contribution in [3.8, 4) is 0 Å². The van der Waals surface area contributed by atoms with Gasteiger partial charge in [0.1, 0.15) is 5.82 Å². The van der Waals surface area contributed by atoms with Crippen LogP contribution >= 0.6 is 12.4 Å². The SMILES string of the molecule is Cc1ccc(C(=O)NCCC2CCCNC2)c(F)c1.Cl. The Bertz CT molecular complexity index is 447. The normalized spacial score (nSPS) is 18.2. The number of piperidine rings is 1. The number of hydrogen-bond donors (Lipinski definition) is 2. The second-order valence-electron chi connectivity index (χ2n) is 5.24. The van der Waals surface area contributed by atoms with Gasteiger partial charge < -0.3 is 10.6 Å². The first-order chi connectivity index (χ1) is 9.16. The van der Waals surface area contributed by atoms with Crippen molar-refractivity contribution in [2.75, 3.05) is 19.6 Å². The fraction of sp³-hybridized carbons (Fsp3) is 0.533. The third-order valence-corrected chi connectivity index (χ3v) is 3.61. The first-order valence-corrected chi connectivity index (χ1v) is 6.92. The molecule has 0 spiro atoms. The zero-order valence-electron chi connectivity index (χ0n) is 11.7.